The summed E-state index contributed by atoms with van der Waals surface area (Å²) in [7, 11) is 0. The van der Waals surface area contributed by atoms with Crippen molar-refractivity contribution in [1.29, 1.82) is 5.41 Å². The van der Waals surface area contributed by atoms with E-state index in [0.29, 0.717) is 28.3 Å². The van der Waals surface area contributed by atoms with Crippen LogP contribution in [0.3, 0.4) is 0 Å². The molecule has 1 aromatic carbocycles. The van der Waals surface area contributed by atoms with E-state index in [0.717, 1.165) is 16.7 Å². The number of urea groups is 1. The maximum Gasteiger partial charge on any atom is 0.329 e. The van der Waals surface area contributed by atoms with Crippen molar-refractivity contribution in [1.82, 2.24) is 9.88 Å². The number of carboxylic acid groups (broad SMARTS) is 1. The zero-order valence-corrected chi connectivity index (χ0v) is 17.6. The van der Waals surface area contributed by atoms with E-state index >= 15 is 0 Å². The normalized spacial score (nSPS) is 17.5. The third-order valence-corrected chi connectivity index (χ3v) is 5.85. The SMILES string of the molecule is Cc1cc(C)c(C(=N)CN2C(=O)N3C(=CCC3CC(=O)O)c3ccncc32)c(S)c1. The molecule has 2 N–H and O–H groups in total. The molecule has 0 saturated heterocycles. The van der Waals surface area contributed by atoms with Crippen LogP contribution in [-0.2, 0) is 4.79 Å². The highest BCUT2D eigenvalue weighted by Gasteiger charge is 2.42. The molecule has 7 nitrogen and oxygen atoms in total. The molecular weight excluding hydrogens is 400 g/mol. The van der Waals surface area contributed by atoms with Crippen LogP contribution in [0.5, 0.6) is 0 Å². The number of thiol groups is 1. The van der Waals surface area contributed by atoms with Crippen molar-refractivity contribution in [3.63, 3.8) is 0 Å². The highest BCUT2D eigenvalue weighted by molar-refractivity contribution is 7.80. The second-order valence-corrected chi connectivity index (χ2v) is 8.14. The summed E-state index contributed by atoms with van der Waals surface area (Å²) in [6.07, 6.45) is 5.53. The summed E-state index contributed by atoms with van der Waals surface area (Å²) >= 11 is 4.54. The van der Waals surface area contributed by atoms with Crippen molar-refractivity contribution < 1.29 is 14.7 Å². The Morgan fingerprint density at radius 2 is 2.13 bits per heavy atom. The number of nitrogens with zero attached hydrogens (tertiary/aromatic N) is 3. The summed E-state index contributed by atoms with van der Waals surface area (Å²) in [6, 6.07) is 4.94. The van der Waals surface area contributed by atoms with Gasteiger partial charge in [-0.1, -0.05) is 12.1 Å². The van der Waals surface area contributed by atoms with Crippen LogP contribution in [0.1, 0.15) is 35.1 Å². The molecule has 2 amide bonds. The zero-order valence-electron chi connectivity index (χ0n) is 16.7. The van der Waals surface area contributed by atoms with Crippen LogP contribution in [0.15, 0.2) is 41.6 Å². The number of aryl methyl sites for hydroxylation is 2. The molecule has 0 fully saturated rings. The number of nitrogens with one attached hydrogen (secondary N) is 1. The van der Waals surface area contributed by atoms with Gasteiger partial charge < -0.3 is 10.5 Å². The van der Waals surface area contributed by atoms with E-state index in [1.165, 1.54) is 4.90 Å². The van der Waals surface area contributed by atoms with Gasteiger partial charge in [0.2, 0.25) is 0 Å². The lowest BCUT2D eigenvalue weighted by Gasteiger charge is -2.39. The highest BCUT2D eigenvalue weighted by atomic mass is 32.1. The highest BCUT2D eigenvalue weighted by Crippen LogP contribution is 2.41. The number of aliphatic carboxylic acids is 1. The summed E-state index contributed by atoms with van der Waals surface area (Å²) in [6.45, 7) is 3.94. The van der Waals surface area contributed by atoms with E-state index in [4.69, 9.17) is 5.41 Å². The van der Waals surface area contributed by atoms with Crippen molar-refractivity contribution in [2.24, 2.45) is 0 Å². The predicted molar refractivity (Wildman–Crippen MR) is 117 cm³/mol. The zero-order chi connectivity index (χ0) is 21.6. The second kappa shape index (κ2) is 7.60. The quantitative estimate of drug-likeness (QED) is 0.503. The molecule has 1 unspecified atom stereocenters. The fourth-order valence-corrected chi connectivity index (χ4v) is 4.82. The molecule has 0 saturated carbocycles. The molecule has 4 rings (SSSR count). The monoisotopic (exact) mass is 422 g/mol. The van der Waals surface area contributed by atoms with Gasteiger partial charge in [0.25, 0.3) is 0 Å². The van der Waals surface area contributed by atoms with Crippen LogP contribution >= 0.6 is 12.6 Å². The number of hydrogen-bond donors (Lipinski definition) is 3. The number of anilines is 1. The Bertz CT molecular complexity index is 1090. The van der Waals surface area contributed by atoms with Crippen LogP contribution in [0, 0.1) is 19.3 Å². The molecule has 0 radical (unpaired) electrons. The number of fused-ring (bicyclic) bond motifs is 3. The summed E-state index contributed by atoms with van der Waals surface area (Å²) in [5.74, 6) is -0.947. The Labute approximate surface area is 179 Å². The summed E-state index contributed by atoms with van der Waals surface area (Å²) in [5.41, 5.74) is 5.10. The van der Waals surface area contributed by atoms with Gasteiger partial charge in [0.1, 0.15) is 0 Å². The van der Waals surface area contributed by atoms with E-state index < -0.39 is 12.0 Å². The molecule has 0 spiro atoms. The minimum absolute atomic E-state index is 0.0402. The molecule has 8 heteroatoms. The molecule has 30 heavy (non-hydrogen) atoms. The van der Waals surface area contributed by atoms with Crippen molar-refractivity contribution in [3.8, 4) is 0 Å². The van der Waals surface area contributed by atoms with Crippen LogP contribution < -0.4 is 4.90 Å². The van der Waals surface area contributed by atoms with E-state index in [9.17, 15) is 14.7 Å². The first kappa shape index (κ1) is 20.2. The molecule has 0 aliphatic carbocycles. The molecular formula is C22H22N4O3S. The molecule has 1 aromatic heterocycles. The molecule has 2 aromatic rings. The van der Waals surface area contributed by atoms with Gasteiger partial charge >= 0.3 is 12.0 Å². The molecule has 2 aliphatic rings. The number of amides is 2. The summed E-state index contributed by atoms with van der Waals surface area (Å²) in [5, 5.41) is 18.0. The fourth-order valence-electron chi connectivity index (χ4n) is 4.30. The first-order valence-electron chi connectivity index (χ1n) is 9.63. The maximum atomic E-state index is 13.4. The average molecular weight is 423 g/mol. The molecule has 0 bridgehead atoms. The predicted octanol–water partition coefficient (Wildman–Crippen LogP) is 3.89. The Morgan fingerprint density at radius 3 is 2.83 bits per heavy atom. The Balaban J connectivity index is 1.72. The smallest absolute Gasteiger partial charge is 0.329 e. The lowest BCUT2D eigenvalue weighted by Crippen LogP contribution is -2.50. The number of rotatable bonds is 5. The van der Waals surface area contributed by atoms with Gasteiger partial charge in [-0.25, -0.2) is 4.79 Å². The minimum Gasteiger partial charge on any atom is -0.481 e. The average Bonchev–Trinajstić information content (AvgIpc) is 3.07. The van der Waals surface area contributed by atoms with E-state index in [1.807, 2.05) is 38.1 Å². The van der Waals surface area contributed by atoms with Crippen LogP contribution in [0.2, 0.25) is 0 Å². The lowest BCUT2D eigenvalue weighted by molar-refractivity contribution is -0.137. The number of benzene rings is 1. The Kier molecular flexibility index (Phi) is 5.11. The number of pyridine rings is 1. The maximum absolute atomic E-state index is 13.4. The number of hydrogen-bond acceptors (Lipinski definition) is 5. The van der Waals surface area contributed by atoms with Gasteiger partial charge in [-0.2, -0.15) is 0 Å². The van der Waals surface area contributed by atoms with E-state index in [2.05, 4.69) is 17.6 Å². The Hall–Kier alpha value is -3.13. The van der Waals surface area contributed by atoms with Gasteiger partial charge in [-0.05, 0) is 43.5 Å². The van der Waals surface area contributed by atoms with Gasteiger partial charge in [0.15, 0.2) is 0 Å². The number of aromatic nitrogens is 1. The minimum atomic E-state index is -0.947. The van der Waals surface area contributed by atoms with Crippen molar-refractivity contribution in [3.05, 3.63) is 58.9 Å². The Morgan fingerprint density at radius 1 is 1.37 bits per heavy atom. The molecule has 1 atom stereocenters. The van der Waals surface area contributed by atoms with Crippen LogP contribution in [-0.4, -0.2) is 45.3 Å². The van der Waals surface area contributed by atoms with Gasteiger partial charge in [0, 0.05) is 22.2 Å². The van der Waals surface area contributed by atoms with E-state index in [1.54, 1.807) is 17.3 Å². The summed E-state index contributed by atoms with van der Waals surface area (Å²) in [4.78, 5) is 32.7. The topological polar surface area (TPSA) is 97.6 Å². The lowest BCUT2D eigenvalue weighted by atomic mass is 10.00. The first-order chi connectivity index (χ1) is 14.3. The van der Waals surface area contributed by atoms with Crippen molar-refractivity contribution in [2.75, 3.05) is 11.4 Å². The molecule has 3 heterocycles. The van der Waals surface area contributed by atoms with Crippen molar-refractivity contribution in [2.45, 2.75) is 37.6 Å². The van der Waals surface area contributed by atoms with Gasteiger partial charge in [-0.3, -0.25) is 19.6 Å². The number of carboxylic acids is 1. The van der Waals surface area contributed by atoms with Crippen molar-refractivity contribution >= 4 is 41.7 Å². The fraction of sp³-hybridized carbons (Fsp3) is 0.273. The van der Waals surface area contributed by atoms with Gasteiger partial charge in [-0.15, -0.1) is 12.6 Å². The second-order valence-electron chi connectivity index (χ2n) is 7.66. The molecule has 154 valence electrons. The third-order valence-electron chi connectivity index (χ3n) is 5.50. The molecule has 2 aliphatic heterocycles. The van der Waals surface area contributed by atoms with Crippen LogP contribution in [0.25, 0.3) is 5.70 Å². The first-order valence-corrected chi connectivity index (χ1v) is 10.1. The van der Waals surface area contributed by atoms with E-state index in [-0.39, 0.29) is 24.7 Å². The van der Waals surface area contributed by atoms with Gasteiger partial charge in [0.05, 0.1) is 42.3 Å². The summed E-state index contributed by atoms with van der Waals surface area (Å²) < 4.78 is 0. The third kappa shape index (κ3) is 3.37. The standard InChI is InChI=1S/C22H22N4O3S/c1-12-7-13(2)21(19(30)8-12)16(23)11-25-18-10-24-6-5-15(18)17-4-3-14(9-20(27)28)26(17)22(25)29/h4-8,10,14,23,30H,3,9,11H2,1-2H3,(H,27,28). The largest absolute Gasteiger partial charge is 0.481 e. The number of carbonyl (C=O) groups is 2. The van der Waals surface area contributed by atoms with Crippen LogP contribution in [0.4, 0.5) is 10.5 Å². The number of carbonyl (C=O) groups excluding carboxylic acids is 1.